The third kappa shape index (κ3) is 1.81. The summed E-state index contributed by atoms with van der Waals surface area (Å²) >= 11 is 0. The van der Waals surface area contributed by atoms with Crippen molar-refractivity contribution >= 4 is 5.95 Å². The van der Waals surface area contributed by atoms with Gasteiger partial charge >= 0.3 is 0 Å². The van der Waals surface area contributed by atoms with Gasteiger partial charge in [0.05, 0.1) is 0 Å². The van der Waals surface area contributed by atoms with E-state index in [-0.39, 0.29) is 0 Å². The van der Waals surface area contributed by atoms with Crippen molar-refractivity contribution in [2.75, 3.05) is 12.4 Å². The summed E-state index contributed by atoms with van der Waals surface area (Å²) in [6.45, 7) is 3.88. The first-order valence-electron chi connectivity index (χ1n) is 4.74. The number of aryl methyl sites for hydroxylation is 2. The molecule has 2 aromatic heterocycles. The van der Waals surface area contributed by atoms with Crippen LogP contribution >= 0.6 is 0 Å². The summed E-state index contributed by atoms with van der Waals surface area (Å²) in [5.74, 6) is 2.37. The van der Waals surface area contributed by atoms with Crippen LogP contribution < -0.4 is 5.32 Å². The molecule has 2 aromatic rings. The molecule has 0 amide bonds. The Kier molecular flexibility index (Phi) is 2.37. The average molecular weight is 203 g/mol. The van der Waals surface area contributed by atoms with Gasteiger partial charge in [0.15, 0.2) is 0 Å². The molecular weight excluding hydrogens is 190 g/mol. The number of nitrogens with zero attached hydrogens (tertiary/aromatic N) is 4. The molecule has 0 fully saturated rings. The molecular formula is C10H13N5. The zero-order valence-corrected chi connectivity index (χ0v) is 9.02. The Bertz CT molecular complexity index is 474. The predicted molar refractivity (Wildman–Crippen MR) is 58.2 cm³/mol. The standard InChI is InChI=1S/C10H13N5/c1-7-6-9(14-10(11-3)13-7)15-5-4-12-8(15)2/h4-6H,1-3H3,(H,11,13,14). The maximum atomic E-state index is 4.36. The van der Waals surface area contributed by atoms with Crippen LogP contribution in [0.15, 0.2) is 18.5 Å². The second-order valence-corrected chi connectivity index (χ2v) is 3.29. The molecule has 0 spiro atoms. The van der Waals surface area contributed by atoms with Crippen LogP contribution in [0.5, 0.6) is 0 Å². The van der Waals surface area contributed by atoms with Gasteiger partial charge in [-0.15, -0.1) is 0 Å². The Morgan fingerprint density at radius 2 is 2.07 bits per heavy atom. The molecule has 0 radical (unpaired) electrons. The van der Waals surface area contributed by atoms with Crippen LogP contribution in [-0.2, 0) is 0 Å². The topological polar surface area (TPSA) is 55.6 Å². The number of anilines is 1. The number of hydrogen-bond donors (Lipinski definition) is 1. The molecule has 0 saturated heterocycles. The van der Waals surface area contributed by atoms with Crippen LogP contribution in [0.2, 0.25) is 0 Å². The Balaban J connectivity index is 2.53. The summed E-state index contributed by atoms with van der Waals surface area (Å²) in [7, 11) is 1.80. The van der Waals surface area contributed by atoms with Gasteiger partial charge in [0, 0.05) is 31.2 Å². The van der Waals surface area contributed by atoms with E-state index in [1.54, 1.807) is 13.2 Å². The van der Waals surface area contributed by atoms with Gasteiger partial charge in [-0.25, -0.2) is 9.97 Å². The Hall–Kier alpha value is -1.91. The van der Waals surface area contributed by atoms with E-state index in [4.69, 9.17) is 0 Å². The van der Waals surface area contributed by atoms with Gasteiger partial charge in [0.25, 0.3) is 0 Å². The van der Waals surface area contributed by atoms with Crippen molar-refractivity contribution in [3.05, 3.63) is 30.0 Å². The fourth-order valence-electron chi connectivity index (χ4n) is 1.41. The van der Waals surface area contributed by atoms with Gasteiger partial charge in [-0.1, -0.05) is 0 Å². The normalized spacial score (nSPS) is 10.3. The average Bonchev–Trinajstić information content (AvgIpc) is 2.63. The zero-order chi connectivity index (χ0) is 10.8. The first-order chi connectivity index (χ1) is 7.20. The summed E-state index contributed by atoms with van der Waals surface area (Å²) in [6, 6.07) is 1.93. The van der Waals surface area contributed by atoms with Gasteiger partial charge in [-0.2, -0.15) is 4.98 Å². The minimum atomic E-state index is 0.623. The van der Waals surface area contributed by atoms with Crippen LogP contribution in [-0.4, -0.2) is 26.6 Å². The van der Waals surface area contributed by atoms with Crippen molar-refractivity contribution in [3.63, 3.8) is 0 Å². The van der Waals surface area contributed by atoms with E-state index in [0.717, 1.165) is 17.3 Å². The van der Waals surface area contributed by atoms with E-state index in [1.807, 2.05) is 30.7 Å². The number of rotatable bonds is 2. The molecule has 5 nitrogen and oxygen atoms in total. The fraction of sp³-hybridized carbons (Fsp3) is 0.300. The largest absolute Gasteiger partial charge is 0.357 e. The molecule has 0 saturated carbocycles. The molecule has 5 heteroatoms. The number of aromatic nitrogens is 4. The molecule has 1 N–H and O–H groups in total. The van der Waals surface area contributed by atoms with Crippen LogP contribution in [0.25, 0.3) is 5.82 Å². The molecule has 15 heavy (non-hydrogen) atoms. The molecule has 0 aliphatic carbocycles. The monoisotopic (exact) mass is 203 g/mol. The van der Waals surface area contributed by atoms with Crippen LogP contribution in [0, 0.1) is 13.8 Å². The SMILES string of the molecule is CNc1nc(C)cc(-n2ccnc2C)n1. The molecule has 78 valence electrons. The van der Waals surface area contributed by atoms with E-state index in [0.29, 0.717) is 5.95 Å². The van der Waals surface area contributed by atoms with Crippen LogP contribution in [0.1, 0.15) is 11.5 Å². The van der Waals surface area contributed by atoms with Crippen LogP contribution in [0.3, 0.4) is 0 Å². The molecule has 0 aliphatic rings. The molecule has 0 bridgehead atoms. The second kappa shape index (κ2) is 3.68. The lowest BCUT2D eigenvalue weighted by molar-refractivity contribution is 0.913. The highest BCUT2D eigenvalue weighted by atomic mass is 15.2. The van der Waals surface area contributed by atoms with E-state index in [1.165, 1.54) is 0 Å². The van der Waals surface area contributed by atoms with Gasteiger partial charge < -0.3 is 5.32 Å². The van der Waals surface area contributed by atoms with Crippen molar-refractivity contribution in [2.24, 2.45) is 0 Å². The highest BCUT2D eigenvalue weighted by Crippen LogP contribution is 2.10. The fourth-order valence-corrected chi connectivity index (χ4v) is 1.41. The van der Waals surface area contributed by atoms with Gasteiger partial charge in [-0.05, 0) is 13.8 Å². The lowest BCUT2D eigenvalue weighted by Crippen LogP contribution is -2.04. The number of imidazole rings is 1. The Labute approximate surface area is 88.2 Å². The summed E-state index contributed by atoms with van der Waals surface area (Å²) in [6.07, 6.45) is 3.64. The smallest absolute Gasteiger partial charge is 0.224 e. The van der Waals surface area contributed by atoms with Gasteiger partial charge in [0.1, 0.15) is 11.6 Å². The summed E-state index contributed by atoms with van der Waals surface area (Å²) < 4.78 is 1.93. The quantitative estimate of drug-likeness (QED) is 0.799. The minimum Gasteiger partial charge on any atom is -0.357 e. The molecule has 0 unspecified atom stereocenters. The van der Waals surface area contributed by atoms with E-state index in [9.17, 15) is 0 Å². The Morgan fingerprint density at radius 1 is 1.27 bits per heavy atom. The lowest BCUT2D eigenvalue weighted by atomic mass is 10.4. The molecule has 2 heterocycles. The molecule has 0 atom stereocenters. The lowest BCUT2D eigenvalue weighted by Gasteiger charge is -2.07. The third-order valence-corrected chi connectivity index (χ3v) is 2.14. The maximum Gasteiger partial charge on any atom is 0.224 e. The molecule has 0 aromatic carbocycles. The second-order valence-electron chi connectivity index (χ2n) is 3.29. The predicted octanol–water partition coefficient (Wildman–Crippen LogP) is 1.32. The number of hydrogen-bond acceptors (Lipinski definition) is 4. The van der Waals surface area contributed by atoms with Crippen molar-refractivity contribution in [3.8, 4) is 5.82 Å². The molecule has 0 aliphatic heterocycles. The van der Waals surface area contributed by atoms with Gasteiger partial charge in [-0.3, -0.25) is 4.57 Å². The minimum absolute atomic E-state index is 0.623. The van der Waals surface area contributed by atoms with Gasteiger partial charge in [0.2, 0.25) is 5.95 Å². The van der Waals surface area contributed by atoms with E-state index in [2.05, 4.69) is 20.3 Å². The molecule has 2 rings (SSSR count). The summed E-state index contributed by atoms with van der Waals surface area (Å²) in [4.78, 5) is 12.8. The van der Waals surface area contributed by atoms with Crippen molar-refractivity contribution in [1.29, 1.82) is 0 Å². The highest BCUT2D eigenvalue weighted by molar-refractivity contribution is 5.35. The van der Waals surface area contributed by atoms with E-state index < -0.39 is 0 Å². The van der Waals surface area contributed by atoms with Crippen LogP contribution in [0.4, 0.5) is 5.95 Å². The highest BCUT2D eigenvalue weighted by Gasteiger charge is 2.04. The first-order valence-corrected chi connectivity index (χ1v) is 4.74. The van der Waals surface area contributed by atoms with Crippen molar-refractivity contribution in [1.82, 2.24) is 19.5 Å². The van der Waals surface area contributed by atoms with Crippen molar-refractivity contribution < 1.29 is 0 Å². The third-order valence-electron chi connectivity index (χ3n) is 2.14. The maximum absolute atomic E-state index is 4.36. The zero-order valence-electron chi connectivity index (χ0n) is 9.02. The summed E-state index contributed by atoms with van der Waals surface area (Å²) in [5, 5.41) is 2.93. The van der Waals surface area contributed by atoms with E-state index >= 15 is 0 Å². The number of nitrogens with one attached hydrogen (secondary N) is 1. The first kappa shape index (κ1) is 9.64. The summed E-state index contributed by atoms with van der Waals surface area (Å²) in [5.41, 5.74) is 0.928. The van der Waals surface area contributed by atoms with Crippen molar-refractivity contribution in [2.45, 2.75) is 13.8 Å². The Morgan fingerprint density at radius 3 is 2.67 bits per heavy atom.